The molecule has 0 unspecified atom stereocenters. The number of benzene rings is 2. The van der Waals surface area contributed by atoms with Crippen molar-refractivity contribution in [3.63, 3.8) is 0 Å². The van der Waals surface area contributed by atoms with Gasteiger partial charge in [-0.1, -0.05) is 60.7 Å². The summed E-state index contributed by atoms with van der Waals surface area (Å²) in [5, 5.41) is 3.13. The smallest absolute Gasteiger partial charge is 0.410 e. The van der Waals surface area contributed by atoms with Crippen molar-refractivity contribution in [2.24, 2.45) is 0 Å². The summed E-state index contributed by atoms with van der Waals surface area (Å²) in [6.07, 6.45) is -0.731. The number of hydrogen-bond acceptors (Lipinski definition) is 8. The highest BCUT2D eigenvalue weighted by atomic mass is 19.1. The molecule has 0 bridgehead atoms. The minimum atomic E-state index is -0.445. The lowest BCUT2D eigenvalue weighted by Crippen LogP contribution is -2.54. The summed E-state index contributed by atoms with van der Waals surface area (Å²) in [7, 11) is 5.71. The second-order valence-corrected chi connectivity index (χ2v) is 12.0. The molecule has 2 amide bonds. The molecule has 3 fully saturated rings. The molecule has 2 aromatic rings. The van der Waals surface area contributed by atoms with E-state index in [0.29, 0.717) is 39.3 Å². The minimum absolute atomic E-state index is 0. The monoisotopic (exact) mass is 666 g/mol. The normalized spacial score (nSPS) is 22.3. The number of carbonyl (C=O) groups is 2. The fourth-order valence-corrected chi connectivity index (χ4v) is 5.21. The maximum absolute atomic E-state index is 12.8. The highest BCUT2D eigenvalue weighted by Gasteiger charge is 2.29. The van der Waals surface area contributed by atoms with Gasteiger partial charge in [0.2, 0.25) is 0 Å². The van der Waals surface area contributed by atoms with E-state index in [0.717, 1.165) is 30.8 Å². The molecule has 3 atom stereocenters. The molecule has 3 heterocycles. The molecule has 264 valence electrons. The molecule has 0 radical (unpaired) electrons. The number of piperazine rings is 3. The Morgan fingerprint density at radius 3 is 1.43 bits per heavy atom. The zero-order valence-electron chi connectivity index (χ0n) is 27.9. The molecule has 0 spiro atoms. The van der Waals surface area contributed by atoms with E-state index in [1.165, 1.54) is 0 Å². The van der Waals surface area contributed by atoms with Crippen molar-refractivity contribution in [2.45, 2.75) is 31.3 Å². The van der Waals surface area contributed by atoms with Crippen LogP contribution in [0.5, 0.6) is 0 Å². The first-order valence-electron chi connectivity index (χ1n) is 16.2. The van der Waals surface area contributed by atoms with E-state index in [4.69, 9.17) is 9.47 Å². The van der Waals surface area contributed by atoms with Crippen LogP contribution in [0.1, 0.15) is 12.6 Å². The van der Waals surface area contributed by atoms with E-state index in [1.807, 2.05) is 91.6 Å². The fraction of sp³-hybridized carbons (Fsp3) is 0.588. The van der Waals surface area contributed by atoms with Gasteiger partial charge < -0.3 is 24.6 Å². The Labute approximate surface area is 278 Å². The number of halogens is 3. The Morgan fingerprint density at radius 2 is 1.06 bits per heavy atom. The van der Waals surface area contributed by atoms with Crippen LogP contribution in [0.4, 0.5) is 22.8 Å². The standard InChI is InChI=1S/2C14H19FN2O2.C6H13FN2.H2/c2*1-16-7-8-17(10-13(16)9-15)14(18)19-11-12-5-3-2-4-6-12;1-9-3-2-8-5-6(9)4-7;/h2*2-6,13H,7-11H2,1H3;6,8H,2-5H2,1H3;1H/t2*13-;6-;/m100./s1. The summed E-state index contributed by atoms with van der Waals surface area (Å²) in [6.45, 7) is 5.45. The van der Waals surface area contributed by atoms with Gasteiger partial charge in [0, 0.05) is 60.3 Å². The van der Waals surface area contributed by atoms with Crippen molar-refractivity contribution >= 4 is 12.2 Å². The van der Waals surface area contributed by atoms with Crippen LogP contribution in [0.3, 0.4) is 0 Å². The molecular formula is C34H53F3N6O4. The number of hydrogen-bond donors (Lipinski definition) is 1. The second kappa shape index (κ2) is 20.8. The van der Waals surface area contributed by atoms with Crippen molar-refractivity contribution in [3.8, 4) is 0 Å². The maximum atomic E-state index is 12.8. The third kappa shape index (κ3) is 13.0. The van der Waals surface area contributed by atoms with E-state index in [2.05, 4.69) is 10.2 Å². The molecule has 10 nitrogen and oxygen atoms in total. The van der Waals surface area contributed by atoms with E-state index < -0.39 is 13.3 Å². The molecule has 5 rings (SSSR count). The number of likely N-dealkylation sites (N-methyl/N-ethyl adjacent to an activating group) is 3. The third-order valence-corrected chi connectivity index (χ3v) is 8.66. The molecular weight excluding hydrogens is 613 g/mol. The van der Waals surface area contributed by atoms with Crippen LogP contribution in [-0.4, -0.2) is 155 Å². The van der Waals surface area contributed by atoms with Gasteiger partial charge >= 0.3 is 12.2 Å². The van der Waals surface area contributed by atoms with E-state index in [-0.39, 0.29) is 51.6 Å². The molecule has 3 aliphatic rings. The lowest BCUT2D eigenvalue weighted by atomic mass is 10.2. The van der Waals surface area contributed by atoms with E-state index in [1.54, 1.807) is 9.80 Å². The topological polar surface area (TPSA) is 80.8 Å². The van der Waals surface area contributed by atoms with Gasteiger partial charge in [-0.25, -0.2) is 22.8 Å². The third-order valence-electron chi connectivity index (χ3n) is 8.66. The van der Waals surface area contributed by atoms with Crippen LogP contribution < -0.4 is 5.32 Å². The van der Waals surface area contributed by atoms with Gasteiger partial charge in [0.15, 0.2) is 0 Å². The average Bonchev–Trinajstić information content (AvgIpc) is 3.11. The SMILES string of the molecule is CN1CCN(C(=O)OCc2ccccc2)C[C@@H]1CF.CN1CCN(C(=O)OCc2ccccc2)C[C@H]1CF.CN1CCNC[C@@H]1CF.[HH]. The Balaban J connectivity index is 0.000000263. The summed E-state index contributed by atoms with van der Waals surface area (Å²) in [4.78, 5) is 32.9. The van der Waals surface area contributed by atoms with Crippen molar-refractivity contribution < 1.29 is 33.7 Å². The molecule has 0 aromatic heterocycles. The number of carbonyl (C=O) groups excluding carboxylic acids is 2. The number of ether oxygens (including phenoxy) is 2. The van der Waals surface area contributed by atoms with Gasteiger partial charge in [-0.05, 0) is 32.3 Å². The van der Waals surface area contributed by atoms with Crippen molar-refractivity contribution in [3.05, 3.63) is 71.8 Å². The first-order valence-corrected chi connectivity index (χ1v) is 16.2. The summed E-state index contributed by atoms with van der Waals surface area (Å²) in [6, 6.07) is 18.7. The van der Waals surface area contributed by atoms with Gasteiger partial charge in [-0.15, -0.1) is 0 Å². The first-order chi connectivity index (χ1) is 22.7. The molecule has 0 saturated carbocycles. The van der Waals surface area contributed by atoms with Gasteiger partial charge in [-0.3, -0.25) is 14.7 Å². The zero-order chi connectivity index (χ0) is 34.0. The maximum Gasteiger partial charge on any atom is 0.410 e. The molecule has 2 aromatic carbocycles. The van der Waals surface area contributed by atoms with Crippen molar-refractivity contribution in [1.29, 1.82) is 0 Å². The van der Waals surface area contributed by atoms with Crippen LogP contribution >= 0.6 is 0 Å². The Kier molecular flexibility index (Phi) is 16.8. The van der Waals surface area contributed by atoms with Crippen LogP contribution in [0.15, 0.2) is 60.7 Å². The fourth-order valence-electron chi connectivity index (χ4n) is 5.21. The largest absolute Gasteiger partial charge is 0.445 e. The quantitative estimate of drug-likeness (QED) is 0.477. The van der Waals surface area contributed by atoms with Crippen LogP contribution in [0, 0.1) is 0 Å². The van der Waals surface area contributed by atoms with Gasteiger partial charge in [0.1, 0.15) is 33.2 Å². The Morgan fingerprint density at radius 1 is 0.660 bits per heavy atom. The van der Waals surface area contributed by atoms with Crippen LogP contribution in [0.2, 0.25) is 0 Å². The van der Waals surface area contributed by atoms with Gasteiger partial charge in [0.05, 0.1) is 18.1 Å². The Hall–Kier alpha value is -3.39. The Bertz CT molecular complexity index is 1100. The number of nitrogens with zero attached hydrogens (tertiary/aromatic N) is 5. The zero-order valence-corrected chi connectivity index (χ0v) is 27.9. The van der Waals surface area contributed by atoms with Crippen LogP contribution in [0.25, 0.3) is 0 Å². The van der Waals surface area contributed by atoms with Gasteiger partial charge in [-0.2, -0.15) is 0 Å². The second-order valence-electron chi connectivity index (χ2n) is 12.0. The highest BCUT2D eigenvalue weighted by molar-refractivity contribution is 5.68. The van der Waals surface area contributed by atoms with Crippen molar-refractivity contribution in [2.75, 3.05) is 100 Å². The lowest BCUT2D eigenvalue weighted by Gasteiger charge is -2.37. The molecule has 3 aliphatic heterocycles. The summed E-state index contributed by atoms with van der Waals surface area (Å²) >= 11 is 0. The summed E-state index contributed by atoms with van der Waals surface area (Å²) in [5.41, 5.74) is 1.90. The number of rotatable bonds is 7. The molecule has 1 N–H and O–H groups in total. The minimum Gasteiger partial charge on any atom is -0.445 e. The average molecular weight is 667 g/mol. The molecule has 3 saturated heterocycles. The van der Waals surface area contributed by atoms with Crippen LogP contribution in [-0.2, 0) is 22.7 Å². The van der Waals surface area contributed by atoms with Gasteiger partial charge in [0.25, 0.3) is 0 Å². The van der Waals surface area contributed by atoms with E-state index >= 15 is 0 Å². The summed E-state index contributed by atoms with van der Waals surface area (Å²) in [5.74, 6) is 0. The number of alkyl halides is 3. The lowest BCUT2D eigenvalue weighted by molar-refractivity contribution is 0.0497. The number of nitrogens with one attached hydrogen (secondary N) is 1. The molecule has 0 aliphatic carbocycles. The highest BCUT2D eigenvalue weighted by Crippen LogP contribution is 2.12. The first kappa shape index (κ1) is 38.1. The number of amides is 2. The summed E-state index contributed by atoms with van der Waals surface area (Å²) < 4.78 is 48.1. The molecule has 13 heteroatoms. The van der Waals surface area contributed by atoms with E-state index in [9.17, 15) is 22.8 Å². The molecule has 47 heavy (non-hydrogen) atoms. The van der Waals surface area contributed by atoms with Crippen molar-refractivity contribution in [1.82, 2.24) is 29.8 Å². The predicted molar refractivity (Wildman–Crippen MR) is 179 cm³/mol. The predicted octanol–water partition coefficient (Wildman–Crippen LogP) is 3.92.